The molecule has 51 heavy (non-hydrogen) atoms. The van der Waals surface area contributed by atoms with Gasteiger partial charge < -0.3 is 10.4 Å². The van der Waals surface area contributed by atoms with E-state index in [0.717, 1.165) is 64.3 Å². The summed E-state index contributed by atoms with van der Waals surface area (Å²) < 4.78 is 0. The number of carbonyl (C=O) groups excluding carboxylic acids is 2. The predicted molar refractivity (Wildman–Crippen MR) is 205 cm³/mol. The molecule has 0 spiro atoms. The Kier molecular flexibility index (Phi) is 11.9. The minimum Gasteiger partial charge on any atom is -0.480 e. The van der Waals surface area contributed by atoms with Crippen molar-refractivity contribution in [2.24, 2.45) is 0 Å². The fourth-order valence-corrected chi connectivity index (χ4v) is 7.36. The second-order valence-corrected chi connectivity index (χ2v) is 14.3. The third-order valence-electron chi connectivity index (χ3n) is 9.05. The first-order chi connectivity index (χ1) is 24.7. The molecule has 0 radical (unpaired) electrons. The van der Waals surface area contributed by atoms with Crippen molar-refractivity contribution in [3.63, 3.8) is 0 Å². The molecule has 260 valence electrons. The van der Waals surface area contributed by atoms with E-state index in [-0.39, 0.29) is 12.3 Å². The SMILES string of the molecule is Cc1ccc(CN(C(=O)N[C@@H](CSCc2ccccc2)C(=O)O)C(=O)c2ccc3c(c2)CCN(Cc2ccccc2-c2ccc(Cl)cc2)C3)cc1. The highest BCUT2D eigenvalue weighted by Crippen LogP contribution is 2.29. The molecular weight excluding hydrogens is 678 g/mol. The van der Waals surface area contributed by atoms with Gasteiger partial charge in [0.1, 0.15) is 6.04 Å². The Morgan fingerprint density at radius 1 is 0.863 bits per heavy atom. The number of fused-ring (bicyclic) bond motifs is 1. The summed E-state index contributed by atoms with van der Waals surface area (Å²) in [6.45, 7) is 4.29. The van der Waals surface area contributed by atoms with E-state index in [2.05, 4.69) is 28.4 Å². The fourth-order valence-electron chi connectivity index (χ4n) is 6.23. The maximum atomic E-state index is 14.1. The predicted octanol–water partition coefficient (Wildman–Crippen LogP) is 8.61. The minimum atomic E-state index is -1.17. The zero-order chi connectivity index (χ0) is 35.7. The van der Waals surface area contributed by atoms with Gasteiger partial charge in [-0.15, -0.1) is 0 Å². The van der Waals surface area contributed by atoms with Crippen molar-refractivity contribution in [3.8, 4) is 11.1 Å². The number of amides is 3. The van der Waals surface area contributed by atoms with E-state index >= 15 is 0 Å². The molecule has 3 amide bonds. The van der Waals surface area contributed by atoms with Crippen molar-refractivity contribution >= 4 is 41.3 Å². The molecule has 0 aromatic heterocycles. The van der Waals surface area contributed by atoms with Crippen LogP contribution in [0.3, 0.4) is 0 Å². The molecular formula is C42H40ClN3O4S. The number of aliphatic carboxylic acids is 1. The van der Waals surface area contributed by atoms with Gasteiger partial charge in [-0.2, -0.15) is 11.8 Å². The molecule has 7 nitrogen and oxygen atoms in total. The van der Waals surface area contributed by atoms with Gasteiger partial charge in [0.15, 0.2) is 0 Å². The number of thioether (sulfide) groups is 1. The van der Waals surface area contributed by atoms with Gasteiger partial charge in [0, 0.05) is 41.7 Å². The number of nitrogens with one attached hydrogen (secondary N) is 1. The number of aryl methyl sites for hydroxylation is 1. The van der Waals surface area contributed by atoms with Crippen LogP contribution >= 0.6 is 23.4 Å². The van der Waals surface area contributed by atoms with Gasteiger partial charge in [-0.3, -0.25) is 14.6 Å². The molecule has 0 fully saturated rings. The molecule has 2 N–H and O–H groups in total. The third kappa shape index (κ3) is 9.47. The quantitative estimate of drug-likeness (QED) is 0.134. The van der Waals surface area contributed by atoms with Gasteiger partial charge >= 0.3 is 12.0 Å². The van der Waals surface area contributed by atoms with Crippen LogP contribution in [0.1, 0.15) is 43.7 Å². The number of nitrogens with zero attached hydrogens (tertiary/aromatic N) is 2. The van der Waals surface area contributed by atoms with Gasteiger partial charge in [0.25, 0.3) is 5.91 Å². The molecule has 6 rings (SSSR count). The Morgan fingerprint density at radius 2 is 1.59 bits per heavy atom. The number of carboxylic acid groups (broad SMARTS) is 1. The van der Waals surface area contributed by atoms with Crippen LogP contribution in [0.5, 0.6) is 0 Å². The summed E-state index contributed by atoms with van der Waals surface area (Å²) in [7, 11) is 0. The first kappa shape index (κ1) is 35.9. The van der Waals surface area contributed by atoms with Crippen LogP contribution in [0, 0.1) is 6.92 Å². The number of imide groups is 1. The molecule has 0 aliphatic carbocycles. The van der Waals surface area contributed by atoms with Gasteiger partial charge in [0.2, 0.25) is 0 Å². The summed E-state index contributed by atoms with van der Waals surface area (Å²) >= 11 is 7.55. The Labute approximate surface area is 308 Å². The highest BCUT2D eigenvalue weighted by atomic mass is 35.5. The normalized spacial score (nSPS) is 13.2. The van der Waals surface area contributed by atoms with Gasteiger partial charge in [-0.1, -0.05) is 114 Å². The zero-order valence-electron chi connectivity index (χ0n) is 28.4. The number of hydrogen-bond acceptors (Lipinski definition) is 5. The second kappa shape index (κ2) is 16.9. The topological polar surface area (TPSA) is 90.0 Å². The summed E-state index contributed by atoms with van der Waals surface area (Å²) in [5.41, 5.74) is 9.00. The van der Waals surface area contributed by atoms with Crippen LogP contribution in [0.25, 0.3) is 11.1 Å². The largest absolute Gasteiger partial charge is 0.480 e. The number of carbonyl (C=O) groups is 3. The lowest BCUT2D eigenvalue weighted by molar-refractivity contribution is -0.138. The Hall–Kier alpha value is -4.89. The summed E-state index contributed by atoms with van der Waals surface area (Å²) in [5.74, 6) is -0.868. The Bertz CT molecular complexity index is 1990. The molecule has 0 unspecified atom stereocenters. The monoisotopic (exact) mass is 717 g/mol. The number of halogens is 1. The van der Waals surface area contributed by atoms with Gasteiger partial charge in [-0.25, -0.2) is 9.59 Å². The van der Waals surface area contributed by atoms with Crippen molar-refractivity contribution in [1.82, 2.24) is 15.1 Å². The van der Waals surface area contributed by atoms with E-state index in [0.29, 0.717) is 16.3 Å². The molecule has 1 heterocycles. The smallest absolute Gasteiger partial charge is 0.327 e. The molecule has 5 aromatic carbocycles. The molecule has 5 aromatic rings. The molecule has 1 atom stereocenters. The van der Waals surface area contributed by atoms with Crippen LogP contribution in [0.4, 0.5) is 4.79 Å². The van der Waals surface area contributed by atoms with Gasteiger partial charge in [-0.05, 0) is 76.6 Å². The average molecular weight is 718 g/mol. The van der Waals surface area contributed by atoms with Crippen LogP contribution < -0.4 is 5.32 Å². The number of benzene rings is 5. The van der Waals surface area contributed by atoms with E-state index in [4.69, 9.17) is 11.6 Å². The van der Waals surface area contributed by atoms with Crippen LogP contribution in [-0.2, 0) is 36.6 Å². The lowest BCUT2D eigenvalue weighted by Gasteiger charge is -2.30. The number of urea groups is 1. The molecule has 0 saturated carbocycles. The standard InChI is InChI=1S/C42H40ClN3O4S/c1-29-11-13-30(14-12-29)24-46(42(50)44-39(41(48)49)28-51-27-31-7-3-2-4-8-31)40(47)34-15-16-35-25-45(22-21-33(35)23-34)26-36-9-5-6-10-38(36)32-17-19-37(43)20-18-32/h2-20,23,39H,21-22,24-28H2,1H3,(H,44,50)(H,48,49)/t39-/m0/s1. The number of carboxylic acids is 1. The molecule has 1 aliphatic heterocycles. The average Bonchev–Trinajstić information content (AvgIpc) is 3.14. The summed E-state index contributed by atoms with van der Waals surface area (Å²) in [6, 6.07) is 37.4. The lowest BCUT2D eigenvalue weighted by atomic mass is 9.95. The van der Waals surface area contributed by atoms with E-state index in [9.17, 15) is 19.5 Å². The van der Waals surface area contributed by atoms with Crippen LogP contribution in [-0.4, -0.2) is 51.2 Å². The third-order valence-corrected chi connectivity index (χ3v) is 10.4. The van der Waals surface area contributed by atoms with Crippen molar-refractivity contribution in [3.05, 3.63) is 165 Å². The molecule has 1 aliphatic rings. The summed E-state index contributed by atoms with van der Waals surface area (Å²) in [6.07, 6.45) is 0.753. The van der Waals surface area contributed by atoms with Crippen LogP contribution in [0.15, 0.2) is 121 Å². The van der Waals surface area contributed by atoms with E-state index in [1.807, 2.05) is 104 Å². The van der Waals surface area contributed by atoms with E-state index in [1.54, 1.807) is 6.07 Å². The highest BCUT2D eigenvalue weighted by molar-refractivity contribution is 7.98. The van der Waals surface area contributed by atoms with Crippen molar-refractivity contribution in [2.45, 2.75) is 44.8 Å². The zero-order valence-corrected chi connectivity index (χ0v) is 30.0. The molecule has 0 saturated heterocycles. The second-order valence-electron chi connectivity index (χ2n) is 12.8. The maximum Gasteiger partial charge on any atom is 0.327 e. The number of hydrogen-bond donors (Lipinski definition) is 2. The fraction of sp³-hybridized carbons (Fsp3) is 0.214. The van der Waals surface area contributed by atoms with Crippen molar-refractivity contribution in [1.29, 1.82) is 0 Å². The summed E-state index contributed by atoms with van der Waals surface area (Å²) in [5, 5.41) is 13.3. The first-order valence-electron chi connectivity index (χ1n) is 16.9. The number of rotatable bonds is 12. The lowest BCUT2D eigenvalue weighted by Crippen LogP contribution is -2.50. The van der Waals surface area contributed by atoms with E-state index in [1.165, 1.54) is 22.9 Å². The first-order valence-corrected chi connectivity index (χ1v) is 18.5. The van der Waals surface area contributed by atoms with Crippen molar-refractivity contribution < 1.29 is 19.5 Å². The molecule has 9 heteroatoms. The maximum absolute atomic E-state index is 14.1. The van der Waals surface area contributed by atoms with E-state index < -0.39 is 23.9 Å². The Balaban J connectivity index is 1.16. The van der Waals surface area contributed by atoms with Crippen molar-refractivity contribution in [2.75, 3.05) is 12.3 Å². The highest BCUT2D eigenvalue weighted by Gasteiger charge is 2.29. The summed E-state index contributed by atoms with van der Waals surface area (Å²) in [4.78, 5) is 43.5. The van der Waals surface area contributed by atoms with Crippen LogP contribution in [0.2, 0.25) is 5.02 Å². The van der Waals surface area contributed by atoms with Gasteiger partial charge in [0.05, 0.1) is 6.54 Å². The minimum absolute atomic E-state index is 0.00628. The molecule has 0 bridgehead atoms. The Morgan fingerprint density at radius 3 is 2.33 bits per heavy atom.